The van der Waals surface area contributed by atoms with Crippen molar-refractivity contribution in [3.8, 4) is 6.07 Å². The lowest BCUT2D eigenvalue weighted by molar-refractivity contribution is 0.112. The fraction of sp³-hybridized carbons (Fsp3) is 0. The third-order valence-corrected chi connectivity index (χ3v) is 1.49. The summed E-state index contributed by atoms with van der Waals surface area (Å²) in [5.74, 6) is 0. The van der Waals surface area contributed by atoms with E-state index >= 15 is 0 Å². The molecule has 1 aromatic rings. The summed E-state index contributed by atoms with van der Waals surface area (Å²) in [4.78, 5) is 14.0. The van der Waals surface area contributed by atoms with Crippen LogP contribution < -0.4 is 5.46 Å². The summed E-state index contributed by atoms with van der Waals surface area (Å²) in [7, 11) is -1.75. The predicted molar refractivity (Wildman–Crippen MR) is 44.2 cm³/mol. The van der Waals surface area contributed by atoms with Crippen LogP contribution in [0, 0.1) is 11.3 Å². The first-order valence-corrected chi connectivity index (χ1v) is 3.40. The second-order valence-corrected chi connectivity index (χ2v) is 2.30. The standard InChI is InChI=1S/C7H5BN2O3/c9-2-6-1-5(4-11)7(3-10-6)8(12)13/h1,3-4,12-13H. The quantitative estimate of drug-likeness (QED) is 0.420. The Morgan fingerprint density at radius 1 is 1.62 bits per heavy atom. The summed E-state index contributed by atoms with van der Waals surface area (Å²) in [6, 6.07) is 2.93. The van der Waals surface area contributed by atoms with Crippen LogP contribution in [0.15, 0.2) is 12.3 Å². The Morgan fingerprint density at radius 2 is 2.31 bits per heavy atom. The third-order valence-electron chi connectivity index (χ3n) is 1.49. The first-order valence-electron chi connectivity index (χ1n) is 3.40. The minimum absolute atomic E-state index is 0.00556. The van der Waals surface area contributed by atoms with Crippen molar-refractivity contribution in [1.82, 2.24) is 4.98 Å². The molecule has 0 bridgehead atoms. The molecule has 1 heterocycles. The molecule has 1 aromatic heterocycles. The number of aldehydes is 1. The van der Waals surface area contributed by atoms with Crippen LogP contribution in [0.5, 0.6) is 0 Å². The van der Waals surface area contributed by atoms with Gasteiger partial charge in [-0.2, -0.15) is 5.26 Å². The normalized spacial score (nSPS) is 9.00. The summed E-state index contributed by atoms with van der Waals surface area (Å²) in [5.41, 5.74) is 0.113. The Balaban J connectivity index is 3.25. The molecule has 0 saturated carbocycles. The molecule has 0 saturated heterocycles. The number of nitriles is 1. The van der Waals surface area contributed by atoms with Gasteiger partial charge in [-0.05, 0) is 6.07 Å². The molecule has 1 rings (SSSR count). The highest BCUT2D eigenvalue weighted by molar-refractivity contribution is 6.60. The van der Waals surface area contributed by atoms with Gasteiger partial charge in [-0.15, -0.1) is 0 Å². The molecule has 0 aliphatic heterocycles. The van der Waals surface area contributed by atoms with Gasteiger partial charge < -0.3 is 10.0 Å². The van der Waals surface area contributed by atoms with Gasteiger partial charge in [0.15, 0.2) is 0 Å². The van der Waals surface area contributed by atoms with Crippen LogP contribution in [0.4, 0.5) is 0 Å². The van der Waals surface area contributed by atoms with E-state index < -0.39 is 7.12 Å². The Hall–Kier alpha value is -1.71. The highest BCUT2D eigenvalue weighted by Gasteiger charge is 2.16. The molecule has 0 radical (unpaired) electrons. The van der Waals surface area contributed by atoms with E-state index in [1.54, 1.807) is 6.07 Å². The average Bonchev–Trinajstić information content (AvgIpc) is 2.16. The number of aromatic nitrogens is 1. The lowest BCUT2D eigenvalue weighted by atomic mass is 9.78. The fourth-order valence-electron chi connectivity index (χ4n) is 0.860. The maximum absolute atomic E-state index is 10.4. The van der Waals surface area contributed by atoms with Crippen molar-refractivity contribution in [1.29, 1.82) is 5.26 Å². The SMILES string of the molecule is N#Cc1cc(C=O)c(B(O)O)cn1. The van der Waals surface area contributed by atoms with E-state index in [4.69, 9.17) is 15.3 Å². The van der Waals surface area contributed by atoms with E-state index in [0.717, 1.165) is 6.20 Å². The maximum atomic E-state index is 10.4. The minimum atomic E-state index is -1.75. The van der Waals surface area contributed by atoms with E-state index in [1.165, 1.54) is 6.07 Å². The van der Waals surface area contributed by atoms with Crippen LogP contribution in [0.1, 0.15) is 16.1 Å². The number of carbonyl (C=O) groups is 1. The number of nitrogens with zero attached hydrogens (tertiary/aromatic N) is 2. The molecule has 6 heteroatoms. The zero-order valence-electron chi connectivity index (χ0n) is 6.51. The van der Waals surface area contributed by atoms with Gasteiger partial charge in [0.05, 0.1) is 0 Å². The molecule has 0 unspecified atom stereocenters. The average molecular weight is 176 g/mol. The van der Waals surface area contributed by atoms with E-state index in [9.17, 15) is 4.79 Å². The van der Waals surface area contributed by atoms with Crippen LogP contribution in [-0.4, -0.2) is 28.4 Å². The lowest BCUT2D eigenvalue weighted by Gasteiger charge is -2.01. The molecule has 0 spiro atoms. The molecule has 0 amide bonds. The Labute approximate surface area is 74.4 Å². The molecule has 0 atom stereocenters. The van der Waals surface area contributed by atoms with E-state index in [-0.39, 0.29) is 16.7 Å². The Kier molecular flexibility index (Phi) is 2.74. The highest BCUT2D eigenvalue weighted by atomic mass is 16.4. The van der Waals surface area contributed by atoms with Crippen molar-refractivity contribution in [2.24, 2.45) is 0 Å². The molecule has 13 heavy (non-hydrogen) atoms. The van der Waals surface area contributed by atoms with Gasteiger partial charge in [0.1, 0.15) is 18.0 Å². The zero-order chi connectivity index (χ0) is 9.84. The van der Waals surface area contributed by atoms with Crippen LogP contribution >= 0.6 is 0 Å². The van der Waals surface area contributed by atoms with E-state index in [2.05, 4.69) is 4.98 Å². The topological polar surface area (TPSA) is 94.2 Å². The van der Waals surface area contributed by atoms with Crippen molar-refractivity contribution >= 4 is 18.9 Å². The van der Waals surface area contributed by atoms with Gasteiger partial charge in [-0.25, -0.2) is 4.98 Å². The second-order valence-electron chi connectivity index (χ2n) is 2.30. The van der Waals surface area contributed by atoms with Crippen LogP contribution in [0.25, 0.3) is 0 Å². The molecule has 0 fully saturated rings. The van der Waals surface area contributed by atoms with Crippen LogP contribution in [-0.2, 0) is 0 Å². The molecular formula is C7H5BN2O3. The van der Waals surface area contributed by atoms with Crippen molar-refractivity contribution in [2.45, 2.75) is 0 Å². The third kappa shape index (κ3) is 1.90. The van der Waals surface area contributed by atoms with Gasteiger partial charge in [-0.1, -0.05) is 0 Å². The van der Waals surface area contributed by atoms with Crippen LogP contribution in [0.3, 0.4) is 0 Å². The highest BCUT2D eigenvalue weighted by Crippen LogP contribution is 1.96. The molecule has 5 nitrogen and oxygen atoms in total. The Morgan fingerprint density at radius 3 is 2.77 bits per heavy atom. The molecule has 0 aliphatic rings. The minimum Gasteiger partial charge on any atom is -0.423 e. The number of hydrogen-bond acceptors (Lipinski definition) is 5. The summed E-state index contributed by atoms with van der Waals surface area (Å²) in [6.45, 7) is 0. The van der Waals surface area contributed by atoms with E-state index in [1.807, 2.05) is 0 Å². The summed E-state index contributed by atoms with van der Waals surface area (Å²) < 4.78 is 0. The Bertz CT molecular complexity index is 372. The number of carbonyl (C=O) groups excluding carboxylic acids is 1. The summed E-state index contributed by atoms with van der Waals surface area (Å²) >= 11 is 0. The molecule has 0 aromatic carbocycles. The monoisotopic (exact) mass is 176 g/mol. The molecular weight excluding hydrogens is 171 g/mol. The van der Waals surface area contributed by atoms with Gasteiger partial charge in [-0.3, -0.25) is 4.79 Å². The second kappa shape index (κ2) is 3.80. The van der Waals surface area contributed by atoms with Gasteiger partial charge in [0, 0.05) is 17.2 Å². The number of pyridine rings is 1. The largest absolute Gasteiger partial charge is 0.490 e. The summed E-state index contributed by atoms with van der Waals surface area (Å²) in [5, 5.41) is 26.0. The first-order chi connectivity index (χ1) is 6.19. The van der Waals surface area contributed by atoms with Crippen molar-refractivity contribution < 1.29 is 14.8 Å². The summed E-state index contributed by atoms with van der Waals surface area (Å²) in [6.07, 6.45) is 1.53. The van der Waals surface area contributed by atoms with Gasteiger partial charge >= 0.3 is 7.12 Å². The van der Waals surface area contributed by atoms with E-state index in [0.29, 0.717) is 6.29 Å². The van der Waals surface area contributed by atoms with Crippen molar-refractivity contribution in [3.63, 3.8) is 0 Å². The predicted octanol–water partition coefficient (Wildman–Crippen LogP) is -1.55. The van der Waals surface area contributed by atoms with Gasteiger partial charge in [0.2, 0.25) is 0 Å². The lowest BCUT2D eigenvalue weighted by Crippen LogP contribution is -2.33. The first kappa shape index (κ1) is 9.38. The molecule has 0 aliphatic carbocycles. The molecule has 2 N–H and O–H groups in total. The number of rotatable bonds is 2. The van der Waals surface area contributed by atoms with Crippen LogP contribution in [0.2, 0.25) is 0 Å². The fourth-order valence-corrected chi connectivity index (χ4v) is 0.860. The number of hydrogen-bond donors (Lipinski definition) is 2. The zero-order valence-corrected chi connectivity index (χ0v) is 6.51. The smallest absolute Gasteiger partial charge is 0.423 e. The van der Waals surface area contributed by atoms with Gasteiger partial charge in [0.25, 0.3) is 0 Å². The van der Waals surface area contributed by atoms with Crippen molar-refractivity contribution in [2.75, 3.05) is 0 Å². The molecule has 64 valence electrons. The van der Waals surface area contributed by atoms with Crippen molar-refractivity contribution in [3.05, 3.63) is 23.5 Å². The maximum Gasteiger partial charge on any atom is 0.490 e.